The van der Waals surface area contributed by atoms with E-state index in [-0.39, 0.29) is 0 Å². The van der Waals surface area contributed by atoms with Gasteiger partial charge in [-0.2, -0.15) is 5.10 Å². The molecule has 1 heterocycles. The molecule has 18 heavy (non-hydrogen) atoms. The smallest absolute Gasteiger partial charge is 0.0535 e. The van der Waals surface area contributed by atoms with Crippen LogP contribution in [0.15, 0.2) is 30.5 Å². The molecule has 1 aromatic heterocycles. The molecular weight excluding hydrogens is 222 g/mol. The van der Waals surface area contributed by atoms with Crippen molar-refractivity contribution >= 4 is 0 Å². The molecule has 2 rings (SSSR count). The summed E-state index contributed by atoms with van der Waals surface area (Å²) in [7, 11) is 0. The largest absolute Gasteiger partial charge is 0.306 e. The zero-order valence-electron chi connectivity index (χ0n) is 11.3. The van der Waals surface area contributed by atoms with Crippen molar-refractivity contribution in [3.8, 4) is 0 Å². The average molecular weight is 243 g/mol. The van der Waals surface area contributed by atoms with Gasteiger partial charge in [0.15, 0.2) is 0 Å². The molecule has 0 amide bonds. The first-order valence-electron chi connectivity index (χ1n) is 6.51. The summed E-state index contributed by atoms with van der Waals surface area (Å²) in [5.41, 5.74) is 5.08. The molecule has 3 nitrogen and oxygen atoms in total. The number of benzene rings is 1. The minimum absolute atomic E-state index is 0.352. The summed E-state index contributed by atoms with van der Waals surface area (Å²) in [6.07, 6.45) is 2.98. The maximum absolute atomic E-state index is 4.03. The minimum atomic E-state index is 0.352. The second-order valence-electron chi connectivity index (χ2n) is 4.72. The van der Waals surface area contributed by atoms with Gasteiger partial charge in [-0.25, -0.2) is 0 Å². The van der Waals surface area contributed by atoms with Gasteiger partial charge in [-0.05, 0) is 31.4 Å². The van der Waals surface area contributed by atoms with Crippen molar-refractivity contribution in [1.29, 1.82) is 0 Å². The van der Waals surface area contributed by atoms with Crippen LogP contribution in [0.1, 0.15) is 42.3 Å². The van der Waals surface area contributed by atoms with Crippen LogP contribution in [0.3, 0.4) is 0 Å². The van der Waals surface area contributed by atoms with Crippen LogP contribution in [0.2, 0.25) is 0 Å². The summed E-state index contributed by atoms with van der Waals surface area (Å²) in [6, 6.07) is 9.18. The van der Waals surface area contributed by atoms with Gasteiger partial charge in [-0.3, -0.25) is 5.10 Å². The standard InChI is InChI=1S/C15H21N3/c1-4-13-5-7-14(8-6-13)11(2)16-9-15-10-17-18-12(15)3/h5-8,10-11,16H,4,9H2,1-3H3,(H,17,18). The van der Waals surface area contributed by atoms with E-state index in [0.29, 0.717) is 6.04 Å². The lowest BCUT2D eigenvalue weighted by Gasteiger charge is -2.14. The first-order valence-corrected chi connectivity index (χ1v) is 6.51. The Kier molecular flexibility index (Phi) is 4.15. The van der Waals surface area contributed by atoms with Crippen LogP contribution in [0.5, 0.6) is 0 Å². The molecule has 0 spiro atoms. The minimum Gasteiger partial charge on any atom is -0.306 e. The van der Waals surface area contributed by atoms with Crippen molar-refractivity contribution in [3.63, 3.8) is 0 Å². The molecule has 0 saturated carbocycles. The molecule has 1 aromatic carbocycles. The number of nitrogens with one attached hydrogen (secondary N) is 2. The van der Waals surface area contributed by atoms with E-state index >= 15 is 0 Å². The number of hydrogen-bond donors (Lipinski definition) is 2. The van der Waals surface area contributed by atoms with Crippen molar-refractivity contribution in [1.82, 2.24) is 15.5 Å². The third kappa shape index (κ3) is 2.99. The molecule has 3 heteroatoms. The lowest BCUT2D eigenvalue weighted by molar-refractivity contribution is 0.573. The number of aryl methyl sites for hydroxylation is 2. The summed E-state index contributed by atoms with van der Waals surface area (Å²) in [5.74, 6) is 0. The third-order valence-corrected chi connectivity index (χ3v) is 3.42. The molecule has 0 radical (unpaired) electrons. The monoisotopic (exact) mass is 243 g/mol. The van der Waals surface area contributed by atoms with Crippen LogP contribution < -0.4 is 5.32 Å². The molecule has 2 aromatic rings. The van der Waals surface area contributed by atoms with E-state index in [9.17, 15) is 0 Å². The van der Waals surface area contributed by atoms with Crippen molar-refractivity contribution in [2.75, 3.05) is 0 Å². The summed E-state index contributed by atoms with van der Waals surface area (Å²) in [6.45, 7) is 7.26. The Bertz CT molecular complexity index is 485. The van der Waals surface area contributed by atoms with E-state index in [1.807, 2.05) is 13.1 Å². The molecule has 0 fully saturated rings. The van der Waals surface area contributed by atoms with Gasteiger partial charge in [-0.1, -0.05) is 31.2 Å². The number of aromatic nitrogens is 2. The molecule has 0 aliphatic heterocycles. The van der Waals surface area contributed by atoms with Gasteiger partial charge in [0.25, 0.3) is 0 Å². The van der Waals surface area contributed by atoms with Gasteiger partial charge in [-0.15, -0.1) is 0 Å². The average Bonchev–Trinajstić information content (AvgIpc) is 2.81. The molecule has 1 atom stereocenters. The van der Waals surface area contributed by atoms with E-state index in [2.05, 4.69) is 53.6 Å². The third-order valence-electron chi connectivity index (χ3n) is 3.42. The van der Waals surface area contributed by atoms with Crippen molar-refractivity contribution in [2.45, 2.75) is 39.8 Å². The summed E-state index contributed by atoms with van der Waals surface area (Å²) in [5, 5.41) is 10.5. The van der Waals surface area contributed by atoms with E-state index in [1.165, 1.54) is 16.7 Å². The van der Waals surface area contributed by atoms with E-state index in [0.717, 1.165) is 18.7 Å². The number of H-pyrrole nitrogens is 1. The molecule has 0 aliphatic rings. The predicted octanol–water partition coefficient (Wildman–Crippen LogP) is 3.13. The van der Waals surface area contributed by atoms with Crippen LogP contribution in [0.4, 0.5) is 0 Å². The molecule has 2 N–H and O–H groups in total. The number of aromatic amines is 1. The Morgan fingerprint density at radius 1 is 1.28 bits per heavy atom. The maximum Gasteiger partial charge on any atom is 0.0535 e. The zero-order valence-corrected chi connectivity index (χ0v) is 11.3. The fourth-order valence-corrected chi connectivity index (χ4v) is 1.98. The highest BCUT2D eigenvalue weighted by Crippen LogP contribution is 2.14. The Morgan fingerprint density at radius 2 is 2.00 bits per heavy atom. The molecule has 96 valence electrons. The van der Waals surface area contributed by atoms with E-state index in [4.69, 9.17) is 0 Å². The SMILES string of the molecule is CCc1ccc(C(C)NCc2cn[nH]c2C)cc1. The highest BCUT2D eigenvalue weighted by molar-refractivity contribution is 5.25. The summed E-state index contributed by atoms with van der Waals surface area (Å²) < 4.78 is 0. The van der Waals surface area contributed by atoms with Crippen molar-refractivity contribution in [3.05, 3.63) is 52.8 Å². The van der Waals surface area contributed by atoms with Gasteiger partial charge in [0.05, 0.1) is 6.20 Å². The Morgan fingerprint density at radius 3 is 2.56 bits per heavy atom. The number of rotatable bonds is 5. The number of hydrogen-bond acceptors (Lipinski definition) is 2. The lowest BCUT2D eigenvalue weighted by Crippen LogP contribution is -2.18. The predicted molar refractivity (Wildman–Crippen MR) is 74.4 cm³/mol. The zero-order chi connectivity index (χ0) is 13.0. The van der Waals surface area contributed by atoms with Gasteiger partial charge in [0, 0.05) is 23.8 Å². The summed E-state index contributed by atoms with van der Waals surface area (Å²) in [4.78, 5) is 0. The maximum atomic E-state index is 4.03. The van der Waals surface area contributed by atoms with Crippen molar-refractivity contribution in [2.24, 2.45) is 0 Å². The molecule has 1 unspecified atom stereocenters. The topological polar surface area (TPSA) is 40.7 Å². The van der Waals surface area contributed by atoms with Crippen LogP contribution >= 0.6 is 0 Å². The number of nitrogens with zero attached hydrogens (tertiary/aromatic N) is 1. The Balaban J connectivity index is 1.94. The molecule has 0 bridgehead atoms. The first kappa shape index (κ1) is 12.8. The van der Waals surface area contributed by atoms with Crippen LogP contribution in [-0.4, -0.2) is 10.2 Å². The normalized spacial score (nSPS) is 12.6. The Hall–Kier alpha value is -1.61. The lowest BCUT2D eigenvalue weighted by atomic mass is 10.0. The quantitative estimate of drug-likeness (QED) is 0.847. The second kappa shape index (κ2) is 5.83. The fraction of sp³-hybridized carbons (Fsp3) is 0.400. The molecular formula is C15H21N3. The van der Waals surface area contributed by atoms with Crippen molar-refractivity contribution < 1.29 is 0 Å². The van der Waals surface area contributed by atoms with Gasteiger partial charge < -0.3 is 5.32 Å². The van der Waals surface area contributed by atoms with Crippen LogP contribution in [0, 0.1) is 6.92 Å². The Labute approximate surface area is 109 Å². The van der Waals surface area contributed by atoms with Gasteiger partial charge >= 0.3 is 0 Å². The first-order chi connectivity index (χ1) is 8.70. The molecule has 0 aliphatic carbocycles. The fourth-order valence-electron chi connectivity index (χ4n) is 1.98. The molecule has 0 saturated heterocycles. The van der Waals surface area contributed by atoms with Crippen LogP contribution in [0.25, 0.3) is 0 Å². The highest BCUT2D eigenvalue weighted by atomic mass is 15.1. The van der Waals surface area contributed by atoms with Gasteiger partial charge in [0.1, 0.15) is 0 Å². The highest BCUT2D eigenvalue weighted by Gasteiger charge is 2.06. The summed E-state index contributed by atoms with van der Waals surface area (Å²) >= 11 is 0. The van der Waals surface area contributed by atoms with E-state index in [1.54, 1.807) is 0 Å². The van der Waals surface area contributed by atoms with Crippen LogP contribution in [-0.2, 0) is 13.0 Å². The second-order valence-corrected chi connectivity index (χ2v) is 4.72. The van der Waals surface area contributed by atoms with E-state index < -0.39 is 0 Å². The van der Waals surface area contributed by atoms with Gasteiger partial charge in [0.2, 0.25) is 0 Å².